The van der Waals surface area contributed by atoms with Crippen molar-refractivity contribution in [2.45, 2.75) is 58.1 Å². The molecular weight excluding hydrogens is 514 g/mol. The van der Waals surface area contributed by atoms with Gasteiger partial charge in [0.1, 0.15) is 18.2 Å². The monoisotopic (exact) mass is 549 g/mol. The topological polar surface area (TPSA) is 90.4 Å². The number of rotatable bonds is 8. The van der Waals surface area contributed by atoms with Crippen molar-refractivity contribution in [2.24, 2.45) is 0 Å². The van der Waals surface area contributed by atoms with Crippen molar-refractivity contribution in [3.05, 3.63) is 107 Å². The van der Waals surface area contributed by atoms with Crippen LogP contribution in [0.5, 0.6) is 0 Å². The molecule has 4 aromatic rings. The molecule has 41 heavy (non-hydrogen) atoms. The molecule has 1 amide bonds. The van der Waals surface area contributed by atoms with Crippen LogP contribution >= 0.6 is 0 Å². The average molecular weight is 550 g/mol. The molecule has 1 N–H and O–H groups in total. The molecule has 7 heteroatoms. The lowest BCUT2D eigenvalue weighted by molar-refractivity contribution is -0.157. The van der Waals surface area contributed by atoms with Gasteiger partial charge in [0, 0.05) is 17.9 Å². The van der Waals surface area contributed by atoms with Crippen LogP contribution in [0, 0.1) is 0 Å². The Bertz CT molecular complexity index is 1500. The first-order valence-electron chi connectivity index (χ1n) is 14.0. The predicted octanol–water partition coefficient (Wildman–Crippen LogP) is 6.50. The zero-order chi connectivity index (χ0) is 29.0. The van der Waals surface area contributed by atoms with Gasteiger partial charge in [-0.2, -0.15) is 10.2 Å². The summed E-state index contributed by atoms with van der Waals surface area (Å²) in [5.74, 6) is -0.647. The molecule has 0 aliphatic heterocycles. The zero-order valence-electron chi connectivity index (χ0n) is 23.9. The van der Waals surface area contributed by atoms with Gasteiger partial charge in [-0.25, -0.2) is 9.59 Å². The van der Waals surface area contributed by atoms with Gasteiger partial charge < -0.3 is 14.8 Å². The Morgan fingerprint density at radius 1 is 0.829 bits per heavy atom. The molecule has 1 heterocycles. The number of hydrogen-bond acceptors (Lipinski definition) is 6. The van der Waals surface area contributed by atoms with Crippen LogP contribution < -0.4 is 5.32 Å². The van der Waals surface area contributed by atoms with Crippen molar-refractivity contribution in [2.75, 3.05) is 6.61 Å². The Balaban J connectivity index is 1.29. The second-order valence-electron chi connectivity index (χ2n) is 11.2. The van der Waals surface area contributed by atoms with Gasteiger partial charge >= 0.3 is 12.1 Å². The number of carbonyl (C=O) groups excluding carboxylic acids is 2. The van der Waals surface area contributed by atoms with Gasteiger partial charge in [-0.1, -0.05) is 79.7 Å². The summed E-state index contributed by atoms with van der Waals surface area (Å²) in [6.07, 6.45) is 0.302. The van der Waals surface area contributed by atoms with E-state index in [0.29, 0.717) is 5.69 Å². The van der Waals surface area contributed by atoms with Crippen LogP contribution in [0.3, 0.4) is 0 Å². The molecule has 0 fully saturated rings. The van der Waals surface area contributed by atoms with E-state index in [-0.39, 0.29) is 18.9 Å². The number of ether oxygens (including phenoxy) is 2. The van der Waals surface area contributed by atoms with E-state index < -0.39 is 23.7 Å². The first-order chi connectivity index (χ1) is 19.7. The van der Waals surface area contributed by atoms with Gasteiger partial charge in [0.25, 0.3) is 0 Å². The van der Waals surface area contributed by atoms with Crippen molar-refractivity contribution in [1.29, 1.82) is 0 Å². The third-order valence-corrected chi connectivity index (χ3v) is 7.13. The number of carbonyl (C=O) groups is 2. The van der Waals surface area contributed by atoms with E-state index in [4.69, 9.17) is 9.47 Å². The second-order valence-corrected chi connectivity index (χ2v) is 11.2. The maximum absolute atomic E-state index is 13.1. The number of alkyl carbamates (subject to hydrolysis) is 1. The molecule has 0 bridgehead atoms. The van der Waals surface area contributed by atoms with Crippen LogP contribution in [-0.2, 0) is 27.1 Å². The molecule has 0 radical (unpaired) electrons. The van der Waals surface area contributed by atoms with Crippen LogP contribution in [0.25, 0.3) is 22.4 Å². The maximum atomic E-state index is 13.1. The minimum atomic E-state index is -0.993. The summed E-state index contributed by atoms with van der Waals surface area (Å²) in [4.78, 5) is 26.1. The Labute approximate surface area is 240 Å². The summed E-state index contributed by atoms with van der Waals surface area (Å²) < 4.78 is 11.3. The molecule has 0 saturated carbocycles. The summed E-state index contributed by atoms with van der Waals surface area (Å²) in [5, 5.41) is 11.5. The highest BCUT2D eigenvalue weighted by Gasteiger charge is 2.31. The Morgan fingerprint density at radius 3 is 2.02 bits per heavy atom. The highest BCUT2D eigenvalue weighted by atomic mass is 16.6. The van der Waals surface area contributed by atoms with E-state index >= 15 is 0 Å². The largest absolute Gasteiger partial charge is 0.458 e. The molecule has 0 saturated heterocycles. The van der Waals surface area contributed by atoms with Crippen molar-refractivity contribution in [3.63, 3.8) is 0 Å². The number of fused-ring (bicyclic) bond motifs is 3. The maximum Gasteiger partial charge on any atom is 0.407 e. The number of nitrogens with zero attached hydrogens (tertiary/aromatic N) is 2. The molecule has 1 aliphatic carbocycles. The van der Waals surface area contributed by atoms with E-state index in [1.165, 1.54) is 5.56 Å². The van der Waals surface area contributed by atoms with Crippen LogP contribution in [0.15, 0.2) is 84.9 Å². The van der Waals surface area contributed by atoms with Crippen LogP contribution in [-0.4, -0.2) is 40.5 Å². The third-order valence-electron chi connectivity index (χ3n) is 7.13. The van der Waals surface area contributed by atoms with Gasteiger partial charge in [-0.05, 0) is 67.1 Å². The van der Waals surface area contributed by atoms with E-state index in [2.05, 4.69) is 52.8 Å². The standard InChI is InChI=1S/C34H35N3O4/c1-5-22-12-6-7-13-24(22)30-19-18-23(36-37-30)20-31(32(38)41-34(2,3)4)35-33(39)40-21-29-27-16-10-8-14-25(27)26-15-9-11-17-28(26)29/h6-19,29,31H,5,20-21H2,1-4H3,(H,35,39). The van der Waals surface area contributed by atoms with Crippen LogP contribution in [0.2, 0.25) is 0 Å². The minimum absolute atomic E-state index is 0.0856. The van der Waals surface area contributed by atoms with Crippen molar-refractivity contribution < 1.29 is 19.1 Å². The number of aryl methyl sites for hydroxylation is 1. The normalized spacial score (nSPS) is 13.2. The fourth-order valence-corrected chi connectivity index (χ4v) is 5.25. The fraction of sp³-hybridized carbons (Fsp3) is 0.294. The minimum Gasteiger partial charge on any atom is -0.458 e. The van der Waals surface area contributed by atoms with E-state index in [9.17, 15) is 9.59 Å². The van der Waals surface area contributed by atoms with Crippen LogP contribution in [0.4, 0.5) is 4.79 Å². The van der Waals surface area contributed by atoms with Gasteiger partial charge in [0.15, 0.2) is 0 Å². The molecule has 5 rings (SSSR count). The number of esters is 1. The first-order valence-corrected chi connectivity index (χ1v) is 14.0. The summed E-state index contributed by atoms with van der Waals surface area (Å²) in [5.41, 5.74) is 7.31. The number of hydrogen-bond donors (Lipinski definition) is 1. The molecule has 1 atom stereocenters. The molecule has 210 valence electrons. The highest BCUT2D eigenvalue weighted by molar-refractivity contribution is 5.82. The molecule has 1 unspecified atom stereocenters. The number of nitrogens with one attached hydrogen (secondary N) is 1. The fourth-order valence-electron chi connectivity index (χ4n) is 5.25. The quantitative estimate of drug-likeness (QED) is 0.253. The SMILES string of the molecule is CCc1ccccc1-c1ccc(CC(NC(=O)OCC2c3ccccc3-c3ccccc32)C(=O)OC(C)(C)C)nn1. The highest BCUT2D eigenvalue weighted by Crippen LogP contribution is 2.44. The second kappa shape index (κ2) is 11.9. The third kappa shape index (κ3) is 6.46. The summed E-state index contributed by atoms with van der Waals surface area (Å²) >= 11 is 0. The van der Waals surface area contributed by atoms with E-state index in [1.54, 1.807) is 20.8 Å². The molecule has 1 aliphatic rings. The van der Waals surface area contributed by atoms with Gasteiger partial charge in [0.2, 0.25) is 0 Å². The number of benzene rings is 3. The Hall–Kier alpha value is -4.52. The van der Waals surface area contributed by atoms with Gasteiger partial charge in [0.05, 0.1) is 11.4 Å². The summed E-state index contributed by atoms with van der Waals surface area (Å²) in [6, 6.07) is 27.1. The molecule has 3 aromatic carbocycles. The Morgan fingerprint density at radius 2 is 1.44 bits per heavy atom. The van der Waals surface area contributed by atoms with Gasteiger partial charge in [-0.3, -0.25) is 0 Å². The summed E-state index contributed by atoms with van der Waals surface area (Å²) in [7, 11) is 0. The van der Waals surface area contributed by atoms with E-state index in [1.807, 2.05) is 54.6 Å². The number of aromatic nitrogens is 2. The van der Waals surface area contributed by atoms with Crippen LogP contribution in [0.1, 0.15) is 56.0 Å². The predicted molar refractivity (Wildman–Crippen MR) is 158 cm³/mol. The first kappa shape index (κ1) is 28.0. The lowest BCUT2D eigenvalue weighted by atomic mass is 9.98. The van der Waals surface area contributed by atoms with Crippen molar-refractivity contribution in [3.8, 4) is 22.4 Å². The number of amides is 1. The smallest absolute Gasteiger partial charge is 0.407 e. The van der Waals surface area contributed by atoms with Gasteiger partial charge in [-0.15, -0.1) is 0 Å². The molecule has 1 aromatic heterocycles. The lowest BCUT2D eigenvalue weighted by Crippen LogP contribution is -2.46. The molecule has 0 spiro atoms. The summed E-state index contributed by atoms with van der Waals surface area (Å²) in [6.45, 7) is 7.60. The van der Waals surface area contributed by atoms with E-state index in [0.717, 1.165) is 39.9 Å². The Kier molecular flexibility index (Phi) is 8.15. The van der Waals surface area contributed by atoms with Crippen molar-refractivity contribution >= 4 is 12.1 Å². The van der Waals surface area contributed by atoms with Crippen molar-refractivity contribution in [1.82, 2.24) is 15.5 Å². The lowest BCUT2D eigenvalue weighted by Gasteiger charge is -2.24. The molecule has 7 nitrogen and oxygen atoms in total. The zero-order valence-corrected chi connectivity index (χ0v) is 23.9. The average Bonchev–Trinajstić information content (AvgIpc) is 3.29. The molecular formula is C34H35N3O4.